The van der Waals surface area contributed by atoms with Crippen LogP contribution in [0.15, 0.2) is 11.6 Å². The van der Waals surface area contributed by atoms with Crippen LogP contribution in [0.25, 0.3) is 0 Å². The van der Waals surface area contributed by atoms with Crippen LogP contribution in [0.2, 0.25) is 0 Å². The third kappa shape index (κ3) is 4.58. The first-order chi connectivity index (χ1) is 5.97. The molecule has 0 rings (SSSR count). The summed E-state index contributed by atoms with van der Waals surface area (Å²) in [4.78, 5) is 21.5. The molecule has 70 valence electrons. The summed E-state index contributed by atoms with van der Waals surface area (Å²) in [6.07, 6.45) is 1.28. The van der Waals surface area contributed by atoms with Gasteiger partial charge < -0.3 is 11.1 Å². The first-order valence-corrected chi connectivity index (χ1v) is 3.61. The molecular weight excluding hydrogens is 170 g/mol. The number of allylic oxidation sites excluding steroid dienone is 1. The minimum absolute atomic E-state index is 0.495. The summed E-state index contributed by atoms with van der Waals surface area (Å²) in [7, 11) is 0. The van der Waals surface area contributed by atoms with Crippen LogP contribution in [-0.2, 0) is 9.59 Å². The number of carbonyl (C=O) groups excluding carboxylic acids is 2. The van der Waals surface area contributed by atoms with Gasteiger partial charge in [-0.25, -0.2) is 0 Å². The lowest BCUT2D eigenvalue weighted by Gasteiger charge is -2.04. The number of hydrogen-bond acceptors (Lipinski definition) is 3. The summed E-state index contributed by atoms with van der Waals surface area (Å²) >= 11 is 0. The Bertz CT molecular complexity index is 284. The van der Waals surface area contributed by atoms with E-state index in [4.69, 9.17) is 11.0 Å². The highest BCUT2D eigenvalue weighted by Gasteiger charge is 2.15. The number of nitrogens with one attached hydrogen (secondary N) is 1. The van der Waals surface area contributed by atoms with E-state index in [1.165, 1.54) is 6.08 Å². The Morgan fingerprint density at radius 2 is 2.08 bits per heavy atom. The van der Waals surface area contributed by atoms with Crippen molar-refractivity contribution in [3.05, 3.63) is 11.6 Å². The van der Waals surface area contributed by atoms with E-state index in [9.17, 15) is 9.59 Å². The Morgan fingerprint density at radius 1 is 1.54 bits per heavy atom. The number of hydrogen-bond donors (Lipinski definition) is 2. The van der Waals surface area contributed by atoms with Crippen LogP contribution in [0.4, 0.5) is 0 Å². The molecule has 0 aromatic heterocycles. The SMILES string of the molecule is CC(C)=CC(=O)NC(C#N)C(N)=O. The average molecular weight is 181 g/mol. The van der Waals surface area contributed by atoms with Crippen LogP contribution in [0.5, 0.6) is 0 Å². The predicted octanol–water partition coefficient (Wildman–Crippen LogP) is -0.554. The molecule has 0 saturated heterocycles. The number of primary amides is 1. The van der Waals surface area contributed by atoms with Crippen LogP contribution in [0.1, 0.15) is 13.8 Å². The van der Waals surface area contributed by atoms with Crippen molar-refractivity contribution in [2.75, 3.05) is 0 Å². The van der Waals surface area contributed by atoms with Crippen LogP contribution >= 0.6 is 0 Å². The molecule has 2 amide bonds. The van der Waals surface area contributed by atoms with E-state index in [1.807, 2.05) is 0 Å². The van der Waals surface area contributed by atoms with Gasteiger partial charge in [0.05, 0.1) is 6.07 Å². The largest absolute Gasteiger partial charge is 0.367 e. The molecule has 1 unspecified atom stereocenters. The molecular formula is C8H11N3O2. The number of nitrogens with zero attached hydrogens (tertiary/aromatic N) is 1. The fourth-order valence-corrected chi connectivity index (χ4v) is 0.613. The van der Waals surface area contributed by atoms with Crippen molar-refractivity contribution in [1.82, 2.24) is 5.32 Å². The molecule has 0 spiro atoms. The Morgan fingerprint density at radius 3 is 2.38 bits per heavy atom. The minimum atomic E-state index is -1.26. The van der Waals surface area contributed by atoms with Gasteiger partial charge in [-0.05, 0) is 13.8 Å². The molecule has 13 heavy (non-hydrogen) atoms. The number of rotatable bonds is 3. The second-order valence-corrected chi connectivity index (χ2v) is 2.69. The van der Waals surface area contributed by atoms with Crippen molar-refractivity contribution in [3.8, 4) is 6.07 Å². The van der Waals surface area contributed by atoms with Gasteiger partial charge in [0.25, 0.3) is 5.91 Å². The first-order valence-electron chi connectivity index (χ1n) is 3.61. The van der Waals surface area contributed by atoms with Crippen LogP contribution < -0.4 is 11.1 Å². The van der Waals surface area contributed by atoms with Gasteiger partial charge in [-0.2, -0.15) is 5.26 Å². The maximum Gasteiger partial charge on any atom is 0.254 e. The topological polar surface area (TPSA) is 96.0 Å². The second kappa shape index (κ2) is 4.93. The highest BCUT2D eigenvalue weighted by atomic mass is 16.2. The lowest BCUT2D eigenvalue weighted by molar-refractivity contribution is -0.123. The van der Waals surface area contributed by atoms with Gasteiger partial charge in [0.1, 0.15) is 0 Å². The van der Waals surface area contributed by atoms with Crippen molar-refractivity contribution in [1.29, 1.82) is 5.26 Å². The van der Waals surface area contributed by atoms with E-state index < -0.39 is 17.9 Å². The normalized spacial score (nSPS) is 10.8. The predicted molar refractivity (Wildman–Crippen MR) is 46.2 cm³/mol. The molecule has 0 aromatic rings. The smallest absolute Gasteiger partial charge is 0.254 e. The standard InChI is InChI=1S/C8H11N3O2/c1-5(2)3-7(12)11-6(4-9)8(10)13/h3,6H,1-2H3,(H2,10,13)(H,11,12). The summed E-state index contributed by atoms with van der Waals surface area (Å²) < 4.78 is 0. The third-order valence-corrected chi connectivity index (χ3v) is 1.12. The Labute approximate surface area is 76.2 Å². The second-order valence-electron chi connectivity index (χ2n) is 2.69. The summed E-state index contributed by atoms with van der Waals surface area (Å²) in [6, 6.07) is 0.309. The van der Waals surface area contributed by atoms with Gasteiger partial charge in [-0.1, -0.05) is 5.57 Å². The highest BCUT2D eigenvalue weighted by Crippen LogP contribution is 1.88. The molecule has 0 heterocycles. The monoisotopic (exact) mass is 181 g/mol. The quantitative estimate of drug-likeness (QED) is 0.571. The molecule has 0 saturated carbocycles. The lowest BCUT2D eigenvalue weighted by atomic mass is 10.2. The Kier molecular flexibility index (Phi) is 4.24. The Balaban J connectivity index is 4.29. The van der Waals surface area contributed by atoms with Gasteiger partial charge >= 0.3 is 0 Å². The van der Waals surface area contributed by atoms with Crippen molar-refractivity contribution in [2.24, 2.45) is 5.73 Å². The Hall–Kier alpha value is -1.83. The molecule has 3 N–H and O–H groups in total. The van der Waals surface area contributed by atoms with E-state index in [-0.39, 0.29) is 0 Å². The molecule has 0 bridgehead atoms. The van der Waals surface area contributed by atoms with E-state index in [1.54, 1.807) is 19.9 Å². The maximum atomic E-state index is 11.0. The van der Waals surface area contributed by atoms with Crippen LogP contribution in [0, 0.1) is 11.3 Å². The van der Waals surface area contributed by atoms with Crippen LogP contribution in [-0.4, -0.2) is 17.9 Å². The zero-order chi connectivity index (χ0) is 10.4. The van der Waals surface area contributed by atoms with E-state index in [2.05, 4.69) is 5.32 Å². The summed E-state index contributed by atoms with van der Waals surface area (Å²) in [5, 5.41) is 10.5. The zero-order valence-corrected chi connectivity index (χ0v) is 7.50. The first kappa shape index (κ1) is 11.2. The molecule has 0 aliphatic rings. The zero-order valence-electron chi connectivity index (χ0n) is 7.50. The lowest BCUT2D eigenvalue weighted by Crippen LogP contribution is -2.42. The van der Waals surface area contributed by atoms with E-state index in [0.29, 0.717) is 0 Å². The van der Waals surface area contributed by atoms with E-state index in [0.717, 1.165) is 5.57 Å². The number of carbonyl (C=O) groups is 2. The minimum Gasteiger partial charge on any atom is -0.367 e. The van der Waals surface area contributed by atoms with Crippen molar-refractivity contribution in [3.63, 3.8) is 0 Å². The summed E-state index contributed by atoms with van der Waals surface area (Å²) in [6.45, 7) is 3.45. The maximum absolute atomic E-state index is 11.0. The molecule has 0 radical (unpaired) electrons. The molecule has 0 aliphatic heterocycles. The molecule has 0 fully saturated rings. The molecule has 0 aromatic carbocycles. The number of nitrogens with two attached hydrogens (primary N) is 1. The molecule has 5 heteroatoms. The fraction of sp³-hybridized carbons (Fsp3) is 0.375. The molecule has 0 aliphatic carbocycles. The van der Waals surface area contributed by atoms with Crippen molar-refractivity contribution < 1.29 is 9.59 Å². The fourth-order valence-electron chi connectivity index (χ4n) is 0.613. The number of nitriles is 1. The van der Waals surface area contributed by atoms with Crippen molar-refractivity contribution >= 4 is 11.8 Å². The van der Waals surface area contributed by atoms with Gasteiger partial charge in [-0.15, -0.1) is 0 Å². The van der Waals surface area contributed by atoms with Gasteiger partial charge in [0.15, 0.2) is 6.04 Å². The average Bonchev–Trinajstić information content (AvgIpc) is 1.98. The number of amides is 2. The summed E-state index contributed by atoms with van der Waals surface area (Å²) in [5.41, 5.74) is 5.61. The van der Waals surface area contributed by atoms with Crippen LogP contribution in [0.3, 0.4) is 0 Å². The van der Waals surface area contributed by atoms with Gasteiger partial charge in [0, 0.05) is 6.08 Å². The highest BCUT2D eigenvalue weighted by molar-refractivity contribution is 5.94. The van der Waals surface area contributed by atoms with E-state index >= 15 is 0 Å². The third-order valence-electron chi connectivity index (χ3n) is 1.12. The van der Waals surface area contributed by atoms with Crippen molar-refractivity contribution in [2.45, 2.75) is 19.9 Å². The van der Waals surface area contributed by atoms with Gasteiger partial charge in [-0.3, -0.25) is 9.59 Å². The van der Waals surface area contributed by atoms with Gasteiger partial charge in [0.2, 0.25) is 5.91 Å². The molecule has 5 nitrogen and oxygen atoms in total. The molecule has 1 atom stereocenters. The summed E-state index contributed by atoms with van der Waals surface area (Å²) in [5.74, 6) is -1.36.